The molecule has 2 fully saturated rings. The van der Waals surface area contributed by atoms with Gasteiger partial charge in [-0.1, -0.05) is 25.1 Å². The molecule has 2 unspecified atom stereocenters. The molecule has 2 N–H and O–H groups in total. The predicted molar refractivity (Wildman–Crippen MR) is 127 cm³/mol. The van der Waals surface area contributed by atoms with Crippen LogP contribution in [0.1, 0.15) is 40.5 Å². The number of aliphatic imine (C=N–C) groups is 1. The topological polar surface area (TPSA) is 77.0 Å². The number of guanidine groups is 1. The van der Waals surface area contributed by atoms with Gasteiger partial charge in [-0.3, -0.25) is 9.89 Å². The molecule has 1 aromatic rings. The molecule has 2 atom stereocenters. The van der Waals surface area contributed by atoms with Gasteiger partial charge in [0.25, 0.3) is 0 Å². The summed E-state index contributed by atoms with van der Waals surface area (Å²) in [6.45, 7) is 13.7. The van der Waals surface area contributed by atoms with Crippen LogP contribution >= 0.6 is 0 Å². The van der Waals surface area contributed by atoms with E-state index in [0.717, 1.165) is 45.0 Å². The zero-order chi connectivity index (χ0) is 22.4. The molecular weight excluding hydrogens is 410 g/mol. The van der Waals surface area contributed by atoms with E-state index < -0.39 is 10.0 Å². The quantitative estimate of drug-likeness (QED) is 0.494. The van der Waals surface area contributed by atoms with Crippen LogP contribution in [0.5, 0.6) is 0 Å². The van der Waals surface area contributed by atoms with Crippen molar-refractivity contribution in [3.05, 3.63) is 30.3 Å². The highest BCUT2D eigenvalue weighted by molar-refractivity contribution is 7.89. The normalized spacial score (nSPS) is 24.6. The molecule has 2 saturated heterocycles. The summed E-state index contributed by atoms with van der Waals surface area (Å²) in [6, 6.07) is 9.69. The highest BCUT2D eigenvalue weighted by atomic mass is 32.2. The molecule has 2 heterocycles. The summed E-state index contributed by atoms with van der Waals surface area (Å²) < 4.78 is 27.3. The molecule has 7 nitrogen and oxygen atoms in total. The van der Waals surface area contributed by atoms with E-state index in [0.29, 0.717) is 41.9 Å². The zero-order valence-corrected chi connectivity index (χ0v) is 20.2. The summed E-state index contributed by atoms with van der Waals surface area (Å²) in [6.07, 6.45) is 1.69. The maximum absolute atomic E-state index is 12.8. The molecule has 3 rings (SSSR count). The molecule has 0 spiro atoms. The van der Waals surface area contributed by atoms with Crippen molar-refractivity contribution in [1.29, 1.82) is 0 Å². The van der Waals surface area contributed by atoms with Crippen molar-refractivity contribution in [2.45, 2.75) is 57.5 Å². The number of nitrogens with zero attached hydrogens (tertiary/aromatic N) is 3. The largest absolute Gasteiger partial charge is 0.357 e. The Morgan fingerprint density at radius 3 is 2.42 bits per heavy atom. The van der Waals surface area contributed by atoms with Crippen LogP contribution in [0.2, 0.25) is 0 Å². The van der Waals surface area contributed by atoms with Gasteiger partial charge in [0.15, 0.2) is 5.96 Å². The number of likely N-dealkylation sites (tertiary alicyclic amines) is 1. The second-order valence-electron chi connectivity index (χ2n) is 9.16. The van der Waals surface area contributed by atoms with Crippen LogP contribution in [-0.4, -0.2) is 74.9 Å². The summed E-state index contributed by atoms with van der Waals surface area (Å²) in [5, 5.41) is 7.02. The number of hydrogen-bond acceptors (Lipinski definition) is 4. The van der Waals surface area contributed by atoms with E-state index in [9.17, 15) is 8.42 Å². The van der Waals surface area contributed by atoms with Crippen molar-refractivity contribution in [2.24, 2.45) is 16.8 Å². The Balaban J connectivity index is 1.53. The van der Waals surface area contributed by atoms with E-state index in [-0.39, 0.29) is 0 Å². The summed E-state index contributed by atoms with van der Waals surface area (Å²) in [5.74, 6) is 1.87. The third-order valence-corrected chi connectivity index (χ3v) is 8.41. The fourth-order valence-electron chi connectivity index (χ4n) is 4.40. The second-order valence-corrected chi connectivity index (χ2v) is 11.1. The Morgan fingerprint density at radius 1 is 1.16 bits per heavy atom. The Kier molecular flexibility index (Phi) is 8.36. The molecule has 1 aromatic carbocycles. The van der Waals surface area contributed by atoms with Gasteiger partial charge in [-0.2, -0.15) is 4.31 Å². The monoisotopic (exact) mass is 449 g/mol. The van der Waals surface area contributed by atoms with Gasteiger partial charge in [-0.15, -0.1) is 0 Å². The van der Waals surface area contributed by atoms with Gasteiger partial charge in [-0.25, -0.2) is 8.42 Å². The van der Waals surface area contributed by atoms with Crippen molar-refractivity contribution < 1.29 is 8.42 Å². The molecule has 0 aromatic heterocycles. The lowest BCUT2D eigenvalue weighted by Gasteiger charge is -2.30. The fourth-order valence-corrected chi connectivity index (χ4v) is 5.89. The standard InChI is InChI=1S/C23H39N5O2S/c1-5-24-23(26-22-17-27(18(2)3)16-19(22)4)25-15-20-11-13-28(14-12-20)31(29,30)21-9-7-6-8-10-21/h6-10,18-20,22H,5,11-17H2,1-4H3,(H2,24,25,26). The van der Waals surface area contributed by atoms with E-state index in [4.69, 9.17) is 4.99 Å². The Labute approximate surface area is 188 Å². The van der Waals surface area contributed by atoms with Crippen LogP contribution in [0.3, 0.4) is 0 Å². The van der Waals surface area contributed by atoms with E-state index in [1.165, 1.54) is 0 Å². The molecule has 174 valence electrons. The van der Waals surface area contributed by atoms with E-state index in [1.807, 2.05) is 6.07 Å². The van der Waals surface area contributed by atoms with E-state index in [1.54, 1.807) is 28.6 Å². The Morgan fingerprint density at radius 2 is 1.84 bits per heavy atom. The molecule has 2 aliphatic rings. The van der Waals surface area contributed by atoms with Gasteiger partial charge in [0.05, 0.1) is 4.90 Å². The summed E-state index contributed by atoms with van der Waals surface area (Å²) in [5.41, 5.74) is 0. The third kappa shape index (κ3) is 6.20. The molecule has 2 aliphatic heterocycles. The summed E-state index contributed by atoms with van der Waals surface area (Å²) >= 11 is 0. The first-order valence-corrected chi connectivity index (χ1v) is 13.1. The van der Waals surface area contributed by atoms with Crippen LogP contribution in [-0.2, 0) is 10.0 Å². The minimum atomic E-state index is -3.39. The lowest BCUT2D eigenvalue weighted by Crippen LogP contribution is -2.47. The van der Waals surface area contributed by atoms with Gasteiger partial charge in [0.2, 0.25) is 10.0 Å². The molecule has 0 saturated carbocycles. The number of rotatable bonds is 7. The van der Waals surface area contributed by atoms with Crippen LogP contribution in [0.15, 0.2) is 40.2 Å². The first-order chi connectivity index (χ1) is 14.8. The van der Waals surface area contributed by atoms with Crippen LogP contribution in [0.4, 0.5) is 0 Å². The lowest BCUT2D eigenvalue weighted by molar-refractivity contribution is 0.265. The van der Waals surface area contributed by atoms with Gasteiger partial charge >= 0.3 is 0 Å². The number of hydrogen-bond donors (Lipinski definition) is 2. The molecule has 0 aliphatic carbocycles. The van der Waals surface area contributed by atoms with Gasteiger partial charge in [0.1, 0.15) is 0 Å². The molecule has 0 amide bonds. The zero-order valence-electron chi connectivity index (χ0n) is 19.4. The average Bonchev–Trinajstić information content (AvgIpc) is 3.14. The van der Waals surface area contributed by atoms with Crippen molar-refractivity contribution in [1.82, 2.24) is 19.8 Å². The number of piperidine rings is 1. The van der Waals surface area contributed by atoms with Gasteiger partial charge < -0.3 is 10.6 Å². The van der Waals surface area contributed by atoms with E-state index >= 15 is 0 Å². The lowest BCUT2D eigenvalue weighted by atomic mass is 9.98. The number of sulfonamides is 1. The Hall–Kier alpha value is -1.64. The first kappa shape index (κ1) is 24.0. The Bertz CT molecular complexity index is 820. The predicted octanol–water partition coefficient (Wildman–Crippen LogP) is 2.37. The molecule has 8 heteroatoms. The van der Waals surface area contributed by atoms with Crippen LogP contribution in [0, 0.1) is 11.8 Å². The maximum Gasteiger partial charge on any atom is 0.243 e. The van der Waals surface area contributed by atoms with Crippen LogP contribution < -0.4 is 10.6 Å². The van der Waals surface area contributed by atoms with Crippen molar-refractivity contribution in [2.75, 3.05) is 39.3 Å². The summed E-state index contributed by atoms with van der Waals surface area (Å²) in [7, 11) is -3.39. The average molecular weight is 450 g/mol. The molecular formula is C23H39N5O2S. The smallest absolute Gasteiger partial charge is 0.243 e. The third-order valence-electron chi connectivity index (χ3n) is 6.50. The first-order valence-electron chi connectivity index (χ1n) is 11.6. The number of nitrogens with one attached hydrogen (secondary N) is 2. The van der Waals surface area contributed by atoms with Crippen molar-refractivity contribution in [3.8, 4) is 0 Å². The van der Waals surface area contributed by atoms with E-state index in [2.05, 4.69) is 43.2 Å². The fraction of sp³-hybridized carbons (Fsp3) is 0.696. The highest BCUT2D eigenvalue weighted by Gasteiger charge is 2.32. The molecule has 31 heavy (non-hydrogen) atoms. The minimum absolute atomic E-state index is 0.381. The van der Waals surface area contributed by atoms with Gasteiger partial charge in [0, 0.05) is 51.4 Å². The molecule has 0 radical (unpaired) electrons. The van der Waals surface area contributed by atoms with Gasteiger partial charge in [-0.05, 0) is 57.6 Å². The SMILES string of the molecule is CCNC(=NCC1CCN(S(=O)(=O)c2ccccc2)CC1)NC1CN(C(C)C)CC1C. The second kappa shape index (κ2) is 10.8. The van der Waals surface area contributed by atoms with Crippen LogP contribution in [0.25, 0.3) is 0 Å². The summed E-state index contributed by atoms with van der Waals surface area (Å²) in [4.78, 5) is 7.75. The van der Waals surface area contributed by atoms with Crippen molar-refractivity contribution in [3.63, 3.8) is 0 Å². The molecule has 0 bridgehead atoms. The van der Waals surface area contributed by atoms with Crippen molar-refractivity contribution >= 4 is 16.0 Å². The minimum Gasteiger partial charge on any atom is -0.357 e. The highest BCUT2D eigenvalue weighted by Crippen LogP contribution is 2.24. The number of benzene rings is 1. The maximum atomic E-state index is 12.8.